The summed E-state index contributed by atoms with van der Waals surface area (Å²) in [5.41, 5.74) is 19.7. The molecule has 0 radical (unpaired) electrons. The van der Waals surface area contributed by atoms with E-state index in [1.807, 2.05) is 6.07 Å². The molecule has 1 atom stereocenters. The van der Waals surface area contributed by atoms with Crippen molar-refractivity contribution in [1.29, 1.82) is 0 Å². The first-order valence-corrected chi connectivity index (χ1v) is 21.4. The number of hydrogen-bond donors (Lipinski definition) is 0. The Hall–Kier alpha value is -7.36. The first-order valence-electron chi connectivity index (χ1n) is 21.4. The molecule has 0 saturated heterocycles. The Morgan fingerprint density at radius 3 is 1.66 bits per heavy atom. The molecule has 1 unspecified atom stereocenters. The standard InChI is InChI=1S/C58H41NO2/c1-57(2)46-22-10-9-20-44(46)56-40(21-14-26-50(56)57)36-27-29-38(30-28-36)59(37-15-4-3-5-16-37)39-31-32-52-53(33-39)61-55-35-51-45(34-54(55)60-52)43-19-8-13-25-49(43)58(51)47-23-11-6-17-41(47)42-18-7-12-24-48(42)58/h3-25,27-35,50H,26H2,1-2H3. The normalized spacial score (nSPS) is 17.2. The van der Waals surface area contributed by atoms with Crippen LogP contribution in [0, 0.1) is 5.92 Å². The molecule has 13 rings (SSSR count). The van der Waals surface area contributed by atoms with E-state index in [1.165, 1.54) is 72.3 Å². The highest BCUT2D eigenvalue weighted by Gasteiger charge is 2.52. The molecule has 3 nitrogen and oxygen atoms in total. The number of allylic oxidation sites excluding steroid dienone is 4. The second-order valence-electron chi connectivity index (χ2n) is 17.6. The minimum Gasteiger partial charge on any atom is -0.449 e. The number of rotatable bonds is 4. The summed E-state index contributed by atoms with van der Waals surface area (Å²) in [6.45, 7) is 4.81. The van der Waals surface area contributed by atoms with E-state index >= 15 is 0 Å². The quantitative estimate of drug-likeness (QED) is 0.177. The second-order valence-corrected chi connectivity index (χ2v) is 17.6. The molecule has 3 heteroatoms. The van der Waals surface area contributed by atoms with Crippen molar-refractivity contribution in [3.05, 3.63) is 233 Å². The minimum atomic E-state index is -0.460. The zero-order valence-corrected chi connectivity index (χ0v) is 34.0. The molecule has 5 aliphatic rings. The Bertz CT molecular complexity index is 3160. The van der Waals surface area contributed by atoms with Gasteiger partial charge in [0.25, 0.3) is 0 Å². The molecular weight excluding hydrogens is 743 g/mol. The molecule has 0 saturated carbocycles. The van der Waals surface area contributed by atoms with E-state index in [-0.39, 0.29) is 5.41 Å². The van der Waals surface area contributed by atoms with Crippen LogP contribution in [0.2, 0.25) is 0 Å². The van der Waals surface area contributed by atoms with Gasteiger partial charge in [-0.2, -0.15) is 0 Å². The highest BCUT2D eigenvalue weighted by atomic mass is 16.6. The van der Waals surface area contributed by atoms with Crippen LogP contribution in [-0.2, 0) is 10.8 Å². The van der Waals surface area contributed by atoms with Crippen molar-refractivity contribution in [2.45, 2.75) is 31.1 Å². The van der Waals surface area contributed by atoms with Crippen LogP contribution in [0.5, 0.6) is 23.0 Å². The molecule has 8 aromatic carbocycles. The Kier molecular flexibility index (Phi) is 7.11. The van der Waals surface area contributed by atoms with E-state index in [2.05, 4.69) is 207 Å². The van der Waals surface area contributed by atoms with Crippen LogP contribution in [0.15, 0.2) is 194 Å². The van der Waals surface area contributed by atoms with E-state index in [0.717, 1.165) is 35.0 Å². The maximum atomic E-state index is 6.96. The van der Waals surface area contributed by atoms with Gasteiger partial charge in [0.15, 0.2) is 23.0 Å². The van der Waals surface area contributed by atoms with Gasteiger partial charge in [-0.25, -0.2) is 0 Å². The molecule has 1 heterocycles. The lowest BCUT2D eigenvalue weighted by atomic mass is 9.70. The zero-order valence-electron chi connectivity index (χ0n) is 34.0. The first-order chi connectivity index (χ1) is 30.0. The van der Waals surface area contributed by atoms with Crippen LogP contribution in [0.4, 0.5) is 17.1 Å². The zero-order chi connectivity index (χ0) is 40.5. The van der Waals surface area contributed by atoms with Gasteiger partial charge < -0.3 is 14.4 Å². The van der Waals surface area contributed by atoms with Crippen LogP contribution in [-0.4, -0.2) is 0 Å². The number of anilines is 3. The molecule has 0 amide bonds. The molecule has 1 aliphatic heterocycles. The van der Waals surface area contributed by atoms with Gasteiger partial charge in [-0.1, -0.05) is 153 Å². The molecule has 4 aliphatic carbocycles. The van der Waals surface area contributed by atoms with Gasteiger partial charge in [0.05, 0.1) is 11.1 Å². The molecule has 0 aromatic heterocycles. The average molecular weight is 784 g/mol. The summed E-state index contributed by atoms with van der Waals surface area (Å²) >= 11 is 0. The van der Waals surface area contributed by atoms with E-state index in [9.17, 15) is 0 Å². The van der Waals surface area contributed by atoms with Gasteiger partial charge in [-0.05, 0) is 139 Å². The van der Waals surface area contributed by atoms with E-state index in [0.29, 0.717) is 17.4 Å². The van der Waals surface area contributed by atoms with Crippen molar-refractivity contribution in [2.24, 2.45) is 5.92 Å². The van der Waals surface area contributed by atoms with Crippen molar-refractivity contribution in [1.82, 2.24) is 0 Å². The minimum absolute atomic E-state index is 0.0878. The molecule has 0 N–H and O–H groups in total. The summed E-state index contributed by atoms with van der Waals surface area (Å²) in [7, 11) is 0. The SMILES string of the molecule is CC1(C)c2ccccc2C2=C(c3ccc(N(c4ccccc4)c4ccc5c(c4)Oc4cc6c(cc4O5)-c4ccccc4C64c5ccccc5-c5ccccc54)cc3)C=CCC21. The Morgan fingerprint density at radius 2 is 0.967 bits per heavy atom. The summed E-state index contributed by atoms with van der Waals surface area (Å²) in [6, 6.07) is 66.0. The smallest absolute Gasteiger partial charge is 0.172 e. The third kappa shape index (κ3) is 4.69. The van der Waals surface area contributed by atoms with Crippen LogP contribution in [0.3, 0.4) is 0 Å². The van der Waals surface area contributed by atoms with Gasteiger partial charge in [0.1, 0.15) is 0 Å². The number of ether oxygens (including phenoxy) is 2. The molecule has 290 valence electrons. The number of nitrogens with zero attached hydrogens (tertiary/aromatic N) is 1. The Morgan fingerprint density at radius 1 is 0.443 bits per heavy atom. The van der Waals surface area contributed by atoms with Crippen molar-refractivity contribution in [3.63, 3.8) is 0 Å². The van der Waals surface area contributed by atoms with Gasteiger partial charge in [-0.3, -0.25) is 0 Å². The highest BCUT2D eigenvalue weighted by Crippen LogP contribution is 2.65. The largest absolute Gasteiger partial charge is 0.449 e. The third-order valence-electron chi connectivity index (χ3n) is 14.2. The van der Waals surface area contributed by atoms with E-state index in [1.54, 1.807) is 0 Å². The molecule has 61 heavy (non-hydrogen) atoms. The molecule has 8 aromatic rings. The third-order valence-corrected chi connectivity index (χ3v) is 14.2. The Balaban J connectivity index is 0.902. The maximum absolute atomic E-state index is 6.96. The van der Waals surface area contributed by atoms with Crippen molar-refractivity contribution in [3.8, 4) is 45.3 Å². The summed E-state index contributed by atoms with van der Waals surface area (Å²) in [5, 5.41) is 0. The Labute approximate surface area is 356 Å². The van der Waals surface area contributed by atoms with Crippen LogP contribution in [0.25, 0.3) is 33.4 Å². The van der Waals surface area contributed by atoms with E-state index < -0.39 is 5.41 Å². The lowest BCUT2D eigenvalue weighted by Crippen LogP contribution is -2.25. The molecule has 0 bridgehead atoms. The van der Waals surface area contributed by atoms with Gasteiger partial charge in [0.2, 0.25) is 0 Å². The summed E-state index contributed by atoms with van der Waals surface area (Å²) in [5.74, 6) is 3.29. The highest BCUT2D eigenvalue weighted by molar-refractivity contribution is 6.01. The lowest BCUT2D eigenvalue weighted by Gasteiger charge is -2.31. The summed E-state index contributed by atoms with van der Waals surface area (Å²) in [6.07, 6.45) is 5.77. The molecule has 1 spiro atoms. The van der Waals surface area contributed by atoms with Gasteiger partial charge in [0, 0.05) is 17.4 Å². The van der Waals surface area contributed by atoms with Gasteiger partial charge >= 0.3 is 0 Å². The average Bonchev–Trinajstić information content (AvgIpc) is 3.86. The predicted octanol–water partition coefficient (Wildman–Crippen LogP) is 15.2. The maximum Gasteiger partial charge on any atom is 0.172 e. The predicted molar refractivity (Wildman–Crippen MR) is 248 cm³/mol. The lowest BCUT2D eigenvalue weighted by molar-refractivity contribution is 0.359. The van der Waals surface area contributed by atoms with Crippen LogP contribution < -0.4 is 14.4 Å². The fourth-order valence-corrected chi connectivity index (χ4v) is 11.5. The van der Waals surface area contributed by atoms with E-state index in [4.69, 9.17) is 9.47 Å². The summed E-state index contributed by atoms with van der Waals surface area (Å²) in [4.78, 5) is 2.30. The molecule has 0 fully saturated rings. The monoisotopic (exact) mass is 783 g/mol. The van der Waals surface area contributed by atoms with Crippen molar-refractivity contribution < 1.29 is 9.47 Å². The fraction of sp³-hybridized carbons (Fsp3) is 0.103. The topological polar surface area (TPSA) is 21.7 Å². The first kappa shape index (κ1) is 34.5. The molecular formula is C58H41NO2. The second kappa shape index (κ2) is 12.6. The van der Waals surface area contributed by atoms with Gasteiger partial charge in [-0.15, -0.1) is 0 Å². The number of benzene rings is 8. The number of para-hydroxylation sites is 1. The van der Waals surface area contributed by atoms with Crippen LogP contribution >= 0.6 is 0 Å². The van der Waals surface area contributed by atoms with Crippen molar-refractivity contribution in [2.75, 3.05) is 4.90 Å². The fourth-order valence-electron chi connectivity index (χ4n) is 11.5. The summed E-state index contributed by atoms with van der Waals surface area (Å²) < 4.78 is 13.7. The van der Waals surface area contributed by atoms with Crippen molar-refractivity contribution >= 4 is 28.2 Å². The number of fused-ring (bicyclic) bond motifs is 15. The van der Waals surface area contributed by atoms with Crippen LogP contribution in [0.1, 0.15) is 59.2 Å². The number of hydrogen-bond acceptors (Lipinski definition) is 3.